The van der Waals surface area contributed by atoms with Crippen LogP contribution in [-0.4, -0.2) is 9.97 Å². The van der Waals surface area contributed by atoms with Gasteiger partial charge in [0.25, 0.3) is 0 Å². The fraction of sp³-hybridized carbons (Fsp3) is 0.0339. The van der Waals surface area contributed by atoms with Gasteiger partial charge in [-0.25, -0.2) is 9.97 Å². The lowest BCUT2D eigenvalue weighted by Gasteiger charge is -2.34. The zero-order chi connectivity index (χ0) is 79.0. The van der Waals surface area contributed by atoms with Gasteiger partial charge in [0, 0.05) is 21.9 Å². The van der Waals surface area contributed by atoms with Crippen molar-refractivity contribution in [3.63, 3.8) is 0 Å². The summed E-state index contributed by atoms with van der Waals surface area (Å²) in [4.78, 5) is 15.2. The molecule has 2 aromatic heterocycles. The van der Waals surface area contributed by atoms with E-state index >= 15 is 0 Å². The fourth-order valence-electron chi connectivity index (χ4n) is 23.9. The predicted molar refractivity (Wildman–Crippen MR) is 499 cm³/mol. The highest BCUT2D eigenvalue weighted by atomic mass is 32.1. The van der Waals surface area contributed by atoms with Crippen LogP contribution in [0.1, 0.15) is 89.0 Å². The van der Waals surface area contributed by atoms with E-state index in [-0.39, 0.29) is 0 Å². The van der Waals surface area contributed by atoms with E-state index in [4.69, 9.17) is 9.97 Å². The van der Waals surface area contributed by atoms with E-state index in [1.165, 1.54) is 156 Å². The molecule has 2 heterocycles. The molecule has 0 saturated heterocycles. The Labute approximate surface area is 705 Å². The molecule has 0 bridgehead atoms. The zero-order valence-electron chi connectivity index (χ0n) is 65.7. The number of benzene rings is 19. The number of rotatable bonds is 8. The van der Waals surface area contributed by atoms with Crippen molar-refractivity contribution in [1.82, 2.24) is 9.97 Å². The van der Waals surface area contributed by atoms with E-state index in [9.17, 15) is 0 Å². The van der Waals surface area contributed by atoms with Crippen molar-refractivity contribution in [2.75, 3.05) is 0 Å². The highest BCUT2D eigenvalue weighted by Crippen LogP contribution is 2.68. The predicted octanol–water partition coefficient (Wildman–Crippen LogP) is 29.2. The van der Waals surface area contributed by atoms with Gasteiger partial charge in [-0.1, -0.05) is 400 Å². The van der Waals surface area contributed by atoms with Crippen LogP contribution in [0.3, 0.4) is 0 Å². The van der Waals surface area contributed by atoms with Gasteiger partial charge in [-0.15, -0.1) is 11.3 Å². The minimum absolute atomic E-state index is 0.575. The summed E-state index contributed by atoms with van der Waals surface area (Å²) >= 11 is 1.87. The Balaban J connectivity index is 0.761. The van der Waals surface area contributed by atoms with E-state index in [0.717, 1.165) is 86.7 Å². The summed E-state index contributed by atoms with van der Waals surface area (Å²) in [6.45, 7) is 0. The van der Waals surface area contributed by atoms with Gasteiger partial charge in [-0.05, 0) is 213 Å². The van der Waals surface area contributed by atoms with Gasteiger partial charge in [0.2, 0.25) is 0 Å². The summed E-state index contributed by atoms with van der Waals surface area (Å²) in [5, 5.41) is 4.33. The van der Waals surface area contributed by atoms with Crippen LogP contribution in [-0.2, 0) is 21.7 Å². The second kappa shape index (κ2) is 24.8. The van der Waals surface area contributed by atoms with E-state index in [1.807, 2.05) is 11.3 Å². The van der Waals surface area contributed by atoms with Crippen LogP contribution in [0, 0.1) is 0 Å². The van der Waals surface area contributed by atoms with Gasteiger partial charge < -0.3 is 0 Å². The highest BCUT2D eigenvalue weighted by molar-refractivity contribution is 7.21. The molecule has 0 aliphatic heterocycles. The van der Waals surface area contributed by atoms with Crippen molar-refractivity contribution in [3.8, 4) is 110 Å². The first-order valence-corrected chi connectivity index (χ1v) is 43.1. The van der Waals surface area contributed by atoms with Gasteiger partial charge in [0.15, 0.2) is 0 Å². The van der Waals surface area contributed by atoms with E-state index in [0.29, 0.717) is 0 Å². The van der Waals surface area contributed by atoms with Crippen molar-refractivity contribution in [2.24, 2.45) is 0 Å². The first kappa shape index (κ1) is 67.1. The van der Waals surface area contributed by atoms with E-state index < -0.39 is 21.7 Å². The molecule has 2 spiro atoms. The number of hydrogen-bond acceptors (Lipinski definition) is 3. The molecule has 558 valence electrons. The van der Waals surface area contributed by atoms with Crippen LogP contribution >= 0.6 is 11.3 Å². The Hall–Kier alpha value is -15.0. The minimum Gasteiger partial charge on any atom is -0.242 e. The molecule has 27 rings (SSSR count). The van der Waals surface area contributed by atoms with Crippen LogP contribution in [0.15, 0.2) is 425 Å². The molecular formula is C118H70N2S. The summed E-state index contributed by atoms with van der Waals surface area (Å²) in [7, 11) is 0. The minimum atomic E-state index is -0.588. The summed E-state index contributed by atoms with van der Waals surface area (Å²) in [5.74, 6) is 0. The lowest BCUT2D eigenvalue weighted by molar-refractivity contribution is 0.769. The molecule has 0 amide bonds. The number of thiophene rings is 1. The third-order valence-electron chi connectivity index (χ3n) is 28.5. The Kier molecular flexibility index (Phi) is 13.7. The molecule has 2 nitrogen and oxygen atoms in total. The molecule has 0 radical (unpaired) electrons. The summed E-state index contributed by atoms with van der Waals surface area (Å²) in [5.41, 5.74) is 43.5. The Bertz CT molecular complexity index is 7450. The lowest BCUT2D eigenvalue weighted by Crippen LogP contribution is -2.28. The van der Waals surface area contributed by atoms with Gasteiger partial charge >= 0.3 is 0 Å². The van der Waals surface area contributed by atoms with Crippen LogP contribution in [0.25, 0.3) is 154 Å². The maximum Gasteiger partial charge on any atom is 0.109 e. The molecule has 3 heteroatoms. The van der Waals surface area contributed by atoms with Gasteiger partial charge in [-0.3, -0.25) is 0 Å². The van der Waals surface area contributed by atoms with Crippen molar-refractivity contribution in [2.45, 2.75) is 21.7 Å². The average Bonchev–Trinajstić information content (AvgIpc) is 1.51. The van der Waals surface area contributed by atoms with Gasteiger partial charge in [0.1, 0.15) is 11.0 Å². The molecule has 0 saturated carbocycles. The zero-order valence-corrected chi connectivity index (χ0v) is 66.5. The summed E-state index contributed by atoms with van der Waals surface area (Å²) in [6, 6.07) is 161. The molecule has 6 aliphatic carbocycles. The van der Waals surface area contributed by atoms with Crippen molar-refractivity contribution >= 4 is 54.9 Å². The highest BCUT2D eigenvalue weighted by Gasteiger charge is 2.55. The van der Waals surface area contributed by atoms with Gasteiger partial charge in [-0.2, -0.15) is 0 Å². The van der Waals surface area contributed by atoms with Crippen molar-refractivity contribution in [1.29, 1.82) is 0 Å². The molecular weight excluding hydrogens is 1480 g/mol. The fourth-order valence-corrected chi connectivity index (χ4v) is 25.2. The molecule has 0 atom stereocenters. The second-order valence-corrected chi connectivity index (χ2v) is 34.7. The maximum atomic E-state index is 6.52. The van der Waals surface area contributed by atoms with Crippen molar-refractivity contribution in [3.05, 3.63) is 514 Å². The lowest BCUT2D eigenvalue weighted by atomic mass is 9.67. The molecule has 21 aromatic rings. The Morgan fingerprint density at radius 3 is 0.719 bits per heavy atom. The first-order valence-electron chi connectivity index (χ1n) is 42.3. The van der Waals surface area contributed by atoms with Crippen LogP contribution in [0.5, 0.6) is 0 Å². The van der Waals surface area contributed by atoms with Gasteiger partial charge in [0.05, 0.1) is 42.4 Å². The van der Waals surface area contributed by atoms with E-state index in [2.05, 4.69) is 425 Å². The normalized spacial score (nSPS) is 14.5. The smallest absolute Gasteiger partial charge is 0.109 e. The standard InChI is InChI=1S/C118H70N2S/c1-5-31-75(32-6-1)115(76-33-7-2-8-34-76)95-49-21-13-43-85(95)87-65-61-73(69-105(87)115)71-59-63-79-80-64-60-72(74-62-66-88-86-44-14-22-50-96(86)116(106(88)70-74,77-35-9-3-10-36-77)78-37-11-4-12-38-78)68-94(80)110-109(93(79)67-71)119-111-112(120-110)114(92-48-30-58-104-108(92)90-46-20-28-56-102(90)118(104)99-53-25-17-41-83(99)84-42-18-26-54-100(84)118)121-113(111)91-47-29-57-103-107(91)89-45-19-27-55-101(89)117(103)97-51-23-15-39-81(97)82-40-16-24-52-98(82)117/h1-70H. The molecule has 0 fully saturated rings. The van der Waals surface area contributed by atoms with Crippen LogP contribution in [0.4, 0.5) is 0 Å². The number of aromatic nitrogens is 2. The largest absolute Gasteiger partial charge is 0.242 e. The molecule has 121 heavy (non-hydrogen) atoms. The molecule has 0 unspecified atom stereocenters. The molecule has 0 N–H and O–H groups in total. The SMILES string of the molecule is c1ccc(C2(c3ccccc3)c3ccccc3-c3ccc(-c4ccc5c6ccc(-c7ccc8c(c7)C(c7ccccc7)(c7ccccc7)c7ccccc7-8)cc6c6nc7c(-c8cccc9c8-c8ccccc8C98c9ccccc9-c9ccccc98)sc(-c8cccc9c8-c8ccccc8C98c9ccccc9-c9ccccc98)c7nc6c5c4)cc32)cc1. The topological polar surface area (TPSA) is 25.8 Å². The first-order chi connectivity index (χ1) is 60.0. The summed E-state index contributed by atoms with van der Waals surface area (Å²) < 4.78 is 0. The quantitative estimate of drug-likeness (QED) is 0.142. The number of fused-ring (bicyclic) bond motifs is 33. The third-order valence-corrected chi connectivity index (χ3v) is 29.7. The molecule has 19 aromatic carbocycles. The van der Waals surface area contributed by atoms with Crippen molar-refractivity contribution < 1.29 is 0 Å². The monoisotopic (exact) mass is 1550 g/mol. The van der Waals surface area contributed by atoms with Crippen LogP contribution in [0.2, 0.25) is 0 Å². The van der Waals surface area contributed by atoms with Crippen LogP contribution < -0.4 is 0 Å². The average molecular weight is 1550 g/mol. The Morgan fingerprint density at radius 1 is 0.157 bits per heavy atom. The number of nitrogens with zero attached hydrogens (tertiary/aromatic N) is 2. The number of hydrogen-bond donors (Lipinski definition) is 0. The molecule has 6 aliphatic rings. The van der Waals surface area contributed by atoms with E-state index in [1.54, 1.807) is 0 Å². The summed E-state index contributed by atoms with van der Waals surface area (Å²) in [6.07, 6.45) is 0. The maximum absolute atomic E-state index is 6.52. The third kappa shape index (κ3) is 8.55. The second-order valence-electron chi connectivity index (χ2n) is 33.7. The Morgan fingerprint density at radius 2 is 0.397 bits per heavy atom.